The number of amides is 1. The van der Waals surface area contributed by atoms with Crippen LogP contribution in [-0.4, -0.2) is 36.7 Å². The predicted molar refractivity (Wildman–Crippen MR) is 104 cm³/mol. The van der Waals surface area contributed by atoms with Crippen molar-refractivity contribution in [3.8, 4) is 0 Å². The molecule has 3 rings (SSSR count). The molecule has 0 atom stereocenters. The second-order valence-corrected chi connectivity index (χ2v) is 9.17. The van der Waals surface area contributed by atoms with Gasteiger partial charge in [0.1, 0.15) is 4.90 Å². The topological polar surface area (TPSA) is 79.4 Å². The molecule has 0 aliphatic carbocycles. The molecule has 1 N–H and O–H groups in total. The second kappa shape index (κ2) is 8.91. The number of hydrogen-bond donors (Lipinski definition) is 1. The van der Waals surface area contributed by atoms with Crippen LogP contribution < -0.4 is 5.32 Å². The quantitative estimate of drug-likeness (QED) is 0.739. The van der Waals surface area contributed by atoms with Crippen molar-refractivity contribution in [2.75, 3.05) is 13.1 Å². The van der Waals surface area contributed by atoms with E-state index in [-0.39, 0.29) is 36.4 Å². The van der Waals surface area contributed by atoms with Gasteiger partial charge < -0.3 is 5.32 Å². The molecule has 1 aromatic heterocycles. The molecule has 0 radical (unpaired) electrons. The van der Waals surface area contributed by atoms with Crippen molar-refractivity contribution >= 4 is 27.5 Å². The zero-order chi connectivity index (χ0) is 21.9. The van der Waals surface area contributed by atoms with Gasteiger partial charge in [0.25, 0.3) is 0 Å². The lowest BCUT2D eigenvalue weighted by atomic mass is 9.97. The summed E-state index contributed by atoms with van der Waals surface area (Å²) in [6, 6.07) is 7.52. The minimum atomic E-state index is -4.62. The van der Waals surface area contributed by atoms with Crippen molar-refractivity contribution in [2.24, 2.45) is 5.92 Å². The zero-order valence-electron chi connectivity index (χ0n) is 15.7. The number of benzene rings is 1. The maximum Gasteiger partial charge on any atom is 0.416 e. The molecule has 11 heteroatoms. The van der Waals surface area contributed by atoms with E-state index in [9.17, 15) is 26.4 Å². The van der Waals surface area contributed by atoms with Crippen LogP contribution in [-0.2, 0) is 27.5 Å². The summed E-state index contributed by atoms with van der Waals surface area (Å²) in [5.41, 5.74) is -0.308. The highest BCUT2D eigenvalue weighted by Gasteiger charge is 2.35. The minimum absolute atomic E-state index is 0.0708. The molecule has 1 aliphatic heterocycles. The summed E-state index contributed by atoms with van der Waals surface area (Å²) in [6.45, 7) is 0.419. The maximum atomic E-state index is 12.8. The highest BCUT2D eigenvalue weighted by molar-refractivity contribution is 7.89. The summed E-state index contributed by atoms with van der Waals surface area (Å²) in [4.78, 5) is 16.1. The number of aromatic nitrogens is 1. The number of nitrogens with zero attached hydrogens (tertiary/aromatic N) is 2. The van der Waals surface area contributed by atoms with E-state index in [0.29, 0.717) is 30.7 Å². The summed E-state index contributed by atoms with van der Waals surface area (Å²) in [7, 11) is -4.07. The summed E-state index contributed by atoms with van der Waals surface area (Å²) >= 11 is 5.84. The molecule has 2 heterocycles. The number of rotatable bonds is 5. The number of hydrogen-bond acceptors (Lipinski definition) is 4. The van der Waals surface area contributed by atoms with Crippen LogP contribution in [0.3, 0.4) is 0 Å². The van der Waals surface area contributed by atoms with Gasteiger partial charge in [0.15, 0.2) is 0 Å². The molecule has 1 aliphatic rings. The largest absolute Gasteiger partial charge is 0.416 e. The first-order valence-electron chi connectivity index (χ1n) is 9.13. The Bertz CT molecular complexity index is 1010. The van der Waals surface area contributed by atoms with E-state index in [4.69, 9.17) is 11.6 Å². The molecular formula is C19H19ClF3N3O3S. The highest BCUT2D eigenvalue weighted by atomic mass is 35.5. The molecule has 0 bridgehead atoms. The number of nitrogens with one attached hydrogen (secondary N) is 1. The first kappa shape index (κ1) is 22.5. The standard InChI is InChI=1S/C19H19ClF3N3O3S/c20-16-11-14(19(21,22)23)4-5-17(16)30(28,29)26-9-6-13(7-10-26)18(27)25-12-15-3-1-2-8-24-15/h1-5,8,11,13H,6-7,9-10,12H2,(H,25,27). The Morgan fingerprint density at radius 3 is 2.47 bits per heavy atom. The molecular weight excluding hydrogens is 443 g/mol. The van der Waals surface area contributed by atoms with Gasteiger partial charge in [-0.3, -0.25) is 9.78 Å². The first-order chi connectivity index (χ1) is 14.1. The highest BCUT2D eigenvalue weighted by Crippen LogP contribution is 2.35. The third-order valence-corrected chi connectivity index (χ3v) is 7.25. The van der Waals surface area contributed by atoms with Gasteiger partial charge in [-0.2, -0.15) is 17.5 Å². The number of pyridine rings is 1. The number of alkyl halides is 3. The first-order valence-corrected chi connectivity index (χ1v) is 11.0. The van der Waals surface area contributed by atoms with Crippen molar-refractivity contribution in [2.45, 2.75) is 30.5 Å². The van der Waals surface area contributed by atoms with Gasteiger partial charge in [-0.15, -0.1) is 0 Å². The van der Waals surface area contributed by atoms with Crippen LogP contribution >= 0.6 is 11.6 Å². The van der Waals surface area contributed by atoms with Crippen LogP contribution in [0.2, 0.25) is 5.02 Å². The van der Waals surface area contributed by atoms with E-state index in [1.54, 1.807) is 18.3 Å². The second-order valence-electron chi connectivity index (χ2n) is 6.86. The Labute approximate surface area is 177 Å². The minimum Gasteiger partial charge on any atom is -0.350 e. The van der Waals surface area contributed by atoms with Crippen LogP contribution in [0.1, 0.15) is 24.1 Å². The molecule has 1 saturated heterocycles. The average molecular weight is 462 g/mol. The van der Waals surface area contributed by atoms with Crippen molar-refractivity contribution in [1.82, 2.24) is 14.6 Å². The Kier molecular flexibility index (Phi) is 6.68. The number of carbonyl (C=O) groups is 1. The van der Waals surface area contributed by atoms with E-state index >= 15 is 0 Å². The van der Waals surface area contributed by atoms with Gasteiger partial charge in [-0.1, -0.05) is 17.7 Å². The van der Waals surface area contributed by atoms with Gasteiger partial charge in [0.05, 0.1) is 22.8 Å². The van der Waals surface area contributed by atoms with Gasteiger partial charge in [-0.05, 0) is 43.2 Å². The number of halogens is 4. The third kappa shape index (κ3) is 5.11. The van der Waals surface area contributed by atoms with E-state index in [1.165, 1.54) is 0 Å². The lowest BCUT2D eigenvalue weighted by Gasteiger charge is -2.30. The zero-order valence-corrected chi connectivity index (χ0v) is 17.3. The number of piperidine rings is 1. The molecule has 2 aromatic rings. The Morgan fingerprint density at radius 1 is 1.20 bits per heavy atom. The molecule has 0 spiro atoms. The van der Waals surface area contributed by atoms with Crippen molar-refractivity contribution in [3.63, 3.8) is 0 Å². The predicted octanol–water partition coefficient (Wildman–Crippen LogP) is 3.47. The molecule has 0 unspecified atom stereocenters. The summed E-state index contributed by atoms with van der Waals surface area (Å²) < 4.78 is 65.1. The summed E-state index contributed by atoms with van der Waals surface area (Å²) in [6.07, 6.45) is -2.40. The van der Waals surface area contributed by atoms with E-state index in [0.717, 1.165) is 10.4 Å². The van der Waals surface area contributed by atoms with Crippen molar-refractivity contribution < 1.29 is 26.4 Å². The van der Waals surface area contributed by atoms with Gasteiger partial charge in [-0.25, -0.2) is 8.42 Å². The van der Waals surface area contributed by atoms with Gasteiger partial charge in [0, 0.05) is 25.2 Å². The fraction of sp³-hybridized carbons (Fsp3) is 0.368. The van der Waals surface area contributed by atoms with Crippen LogP contribution in [0, 0.1) is 5.92 Å². The summed E-state index contributed by atoms with van der Waals surface area (Å²) in [5.74, 6) is -0.548. The Balaban J connectivity index is 1.62. The van der Waals surface area contributed by atoms with Crippen molar-refractivity contribution in [3.05, 3.63) is 58.9 Å². The third-order valence-electron chi connectivity index (χ3n) is 4.87. The van der Waals surface area contributed by atoms with Crippen LogP contribution in [0.5, 0.6) is 0 Å². The Hall–Kier alpha value is -2.17. The van der Waals surface area contributed by atoms with Crippen molar-refractivity contribution in [1.29, 1.82) is 0 Å². The van der Waals surface area contributed by atoms with E-state index in [2.05, 4.69) is 10.3 Å². The van der Waals surface area contributed by atoms with E-state index < -0.39 is 26.8 Å². The van der Waals surface area contributed by atoms with Crippen LogP contribution in [0.25, 0.3) is 0 Å². The Morgan fingerprint density at radius 2 is 1.90 bits per heavy atom. The monoisotopic (exact) mass is 461 g/mol. The van der Waals surface area contributed by atoms with E-state index in [1.807, 2.05) is 6.07 Å². The molecule has 1 amide bonds. The maximum absolute atomic E-state index is 12.8. The van der Waals surface area contributed by atoms with Gasteiger partial charge in [0.2, 0.25) is 15.9 Å². The normalized spacial score (nSPS) is 16.4. The molecule has 30 heavy (non-hydrogen) atoms. The van der Waals surface area contributed by atoms with Crippen LogP contribution in [0.4, 0.5) is 13.2 Å². The lowest BCUT2D eigenvalue weighted by molar-refractivity contribution is -0.137. The molecule has 0 saturated carbocycles. The summed E-state index contributed by atoms with van der Waals surface area (Å²) in [5, 5.41) is 2.30. The number of sulfonamides is 1. The van der Waals surface area contributed by atoms with Crippen LogP contribution in [0.15, 0.2) is 47.5 Å². The fourth-order valence-electron chi connectivity index (χ4n) is 3.21. The fourth-order valence-corrected chi connectivity index (χ4v) is 5.20. The van der Waals surface area contributed by atoms with Gasteiger partial charge >= 0.3 is 6.18 Å². The number of carbonyl (C=O) groups excluding carboxylic acids is 1. The average Bonchev–Trinajstić information content (AvgIpc) is 2.72. The SMILES string of the molecule is O=C(NCc1ccccn1)C1CCN(S(=O)(=O)c2ccc(C(F)(F)F)cc2Cl)CC1. The molecule has 6 nitrogen and oxygen atoms in total. The molecule has 1 aromatic carbocycles. The molecule has 162 valence electrons. The smallest absolute Gasteiger partial charge is 0.350 e. The lowest BCUT2D eigenvalue weighted by Crippen LogP contribution is -2.43. The molecule has 1 fully saturated rings.